The van der Waals surface area contributed by atoms with Crippen LogP contribution in [0.1, 0.15) is 11.3 Å². The van der Waals surface area contributed by atoms with Crippen molar-refractivity contribution in [1.29, 1.82) is 5.26 Å². The van der Waals surface area contributed by atoms with Crippen LogP contribution >= 0.6 is 0 Å². The van der Waals surface area contributed by atoms with Crippen molar-refractivity contribution in [3.8, 4) is 6.07 Å². The van der Waals surface area contributed by atoms with Crippen LogP contribution in [0, 0.1) is 11.3 Å². The molecular formula is C10H11N3. The van der Waals surface area contributed by atoms with Gasteiger partial charge in [0, 0.05) is 31.4 Å². The highest BCUT2D eigenvalue weighted by Gasteiger charge is 2.15. The van der Waals surface area contributed by atoms with E-state index in [9.17, 15) is 0 Å². The standard InChI is InChI=1S/C10H11N3/c11-4-7-13-6-3-10-9(8-13)2-1-5-12-10/h1-2,5H,3,6-8H2. The Bertz CT molecular complexity index is 340. The third-order valence-electron chi connectivity index (χ3n) is 2.34. The summed E-state index contributed by atoms with van der Waals surface area (Å²) in [6, 6.07) is 6.22. The lowest BCUT2D eigenvalue weighted by Crippen LogP contribution is -2.31. The number of hydrogen-bond donors (Lipinski definition) is 0. The number of nitrogens with zero attached hydrogens (tertiary/aromatic N) is 3. The number of fused-ring (bicyclic) bond motifs is 1. The van der Waals surface area contributed by atoms with E-state index in [0.29, 0.717) is 6.54 Å². The highest BCUT2D eigenvalue weighted by molar-refractivity contribution is 5.22. The third kappa shape index (κ3) is 1.68. The van der Waals surface area contributed by atoms with Crippen molar-refractivity contribution in [2.75, 3.05) is 13.1 Å². The van der Waals surface area contributed by atoms with E-state index in [1.54, 1.807) is 0 Å². The maximum atomic E-state index is 8.56. The zero-order valence-corrected chi connectivity index (χ0v) is 7.40. The van der Waals surface area contributed by atoms with Gasteiger partial charge in [0.25, 0.3) is 0 Å². The van der Waals surface area contributed by atoms with Gasteiger partial charge in [0.1, 0.15) is 0 Å². The van der Waals surface area contributed by atoms with Crippen molar-refractivity contribution < 1.29 is 0 Å². The molecule has 0 unspecified atom stereocenters. The molecule has 0 amide bonds. The van der Waals surface area contributed by atoms with Gasteiger partial charge >= 0.3 is 0 Å². The second-order valence-corrected chi connectivity index (χ2v) is 3.23. The number of nitriles is 1. The molecule has 13 heavy (non-hydrogen) atoms. The fourth-order valence-corrected chi connectivity index (χ4v) is 1.66. The van der Waals surface area contributed by atoms with Crippen LogP contribution in [0.25, 0.3) is 0 Å². The minimum absolute atomic E-state index is 0.522. The molecule has 1 aliphatic rings. The van der Waals surface area contributed by atoms with Gasteiger partial charge in [0.15, 0.2) is 0 Å². The van der Waals surface area contributed by atoms with E-state index in [0.717, 1.165) is 19.5 Å². The molecule has 3 nitrogen and oxygen atoms in total. The van der Waals surface area contributed by atoms with E-state index < -0.39 is 0 Å². The molecule has 1 aromatic rings. The number of aromatic nitrogens is 1. The molecule has 0 saturated carbocycles. The first-order valence-corrected chi connectivity index (χ1v) is 4.42. The van der Waals surface area contributed by atoms with Crippen LogP contribution in [0.15, 0.2) is 18.3 Å². The Hall–Kier alpha value is -1.40. The molecule has 0 atom stereocenters. The molecule has 66 valence electrons. The summed E-state index contributed by atoms with van der Waals surface area (Å²) in [5, 5.41) is 8.56. The summed E-state index contributed by atoms with van der Waals surface area (Å²) >= 11 is 0. The molecule has 0 fully saturated rings. The molecule has 3 heteroatoms. The topological polar surface area (TPSA) is 39.9 Å². The van der Waals surface area contributed by atoms with E-state index in [-0.39, 0.29) is 0 Å². The lowest BCUT2D eigenvalue weighted by Gasteiger charge is -2.25. The monoisotopic (exact) mass is 173 g/mol. The van der Waals surface area contributed by atoms with Crippen molar-refractivity contribution >= 4 is 0 Å². The van der Waals surface area contributed by atoms with Gasteiger partial charge in [0.05, 0.1) is 12.6 Å². The van der Waals surface area contributed by atoms with Gasteiger partial charge < -0.3 is 0 Å². The van der Waals surface area contributed by atoms with Gasteiger partial charge in [-0.05, 0) is 11.6 Å². The van der Waals surface area contributed by atoms with E-state index in [2.05, 4.69) is 22.0 Å². The van der Waals surface area contributed by atoms with Crippen molar-refractivity contribution in [1.82, 2.24) is 9.88 Å². The van der Waals surface area contributed by atoms with Crippen LogP contribution in [-0.4, -0.2) is 23.0 Å². The van der Waals surface area contributed by atoms with Crippen molar-refractivity contribution in [3.63, 3.8) is 0 Å². The van der Waals surface area contributed by atoms with Crippen LogP contribution in [0.3, 0.4) is 0 Å². The van der Waals surface area contributed by atoms with Gasteiger partial charge in [-0.15, -0.1) is 0 Å². The molecule has 0 saturated heterocycles. The van der Waals surface area contributed by atoms with Gasteiger partial charge in [-0.2, -0.15) is 5.26 Å². The average Bonchev–Trinajstić information content (AvgIpc) is 2.18. The minimum atomic E-state index is 0.522. The molecule has 0 aliphatic carbocycles. The van der Waals surface area contributed by atoms with Crippen LogP contribution in [0.4, 0.5) is 0 Å². The first-order chi connectivity index (χ1) is 6.40. The molecule has 0 spiro atoms. The summed E-state index contributed by atoms with van der Waals surface area (Å²) < 4.78 is 0. The van der Waals surface area contributed by atoms with E-state index in [1.165, 1.54) is 11.3 Å². The van der Waals surface area contributed by atoms with Gasteiger partial charge in [-0.25, -0.2) is 0 Å². The van der Waals surface area contributed by atoms with Gasteiger partial charge in [-0.3, -0.25) is 9.88 Å². The predicted octanol–water partition coefficient (Wildman–Crippen LogP) is 0.963. The number of pyridine rings is 1. The molecule has 0 aromatic carbocycles. The van der Waals surface area contributed by atoms with Gasteiger partial charge in [0.2, 0.25) is 0 Å². The molecule has 0 radical (unpaired) electrons. The highest BCUT2D eigenvalue weighted by Crippen LogP contribution is 2.15. The van der Waals surface area contributed by atoms with Gasteiger partial charge in [-0.1, -0.05) is 6.07 Å². The lowest BCUT2D eigenvalue weighted by molar-refractivity contribution is 0.282. The largest absolute Gasteiger partial charge is 0.286 e. The first-order valence-electron chi connectivity index (χ1n) is 4.42. The minimum Gasteiger partial charge on any atom is -0.286 e. The first kappa shape index (κ1) is 8.21. The van der Waals surface area contributed by atoms with Crippen molar-refractivity contribution in [2.45, 2.75) is 13.0 Å². The summed E-state index contributed by atoms with van der Waals surface area (Å²) in [5.74, 6) is 0. The Morgan fingerprint density at radius 3 is 3.38 bits per heavy atom. The Morgan fingerprint density at radius 1 is 1.62 bits per heavy atom. The van der Waals surface area contributed by atoms with Crippen molar-refractivity contribution in [2.24, 2.45) is 0 Å². The maximum Gasteiger partial charge on any atom is 0.0868 e. The third-order valence-corrected chi connectivity index (χ3v) is 2.34. The SMILES string of the molecule is N#CCN1CCc2ncccc2C1. The second kappa shape index (κ2) is 3.55. The smallest absolute Gasteiger partial charge is 0.0868 e. The zero-order valence-electron chi connectivity index (χ0n) is 7.40. The summed E-state index contributed by atoms with van der Waals surface area (Å²) in [6.07, 6.45) is 2.80. The fraction of sp³-hybridized carbons (Fsp3) is 0.400. The normalized spacial score (nSPS) is 16.2. The Kier molecular flexibility index (Phi) is 2.24. The Balaban J connectivity index is 2.16. The van der Waals surface area contributed by atoms with Crippen LogP contribution in [0.2, 0.25) is 0 Å². The number of hydrogen-bond acceptors (Lipinski definition) is 3. The van der Waals surface area contributed by atoms with Crippen LogP contribution < -0.4 is 0 Å². The predicted molar refractivity (Wildman–Crippen MR) is 48.8 cm³/mol. The second-order valence-electron chi connectivity index (χ2n) is 3.23. The van der Waals surface area contributed by atoms with E-state index in [1.807, 2.05) is 12.3 Å². The molecule has 0 N–H and O–H groups in total. The van der Waals surface area contributed by atoms with E-state index >= 15 is 0 Å². The Morgan fingerprint density at radius 2 is 2.54 bits per heavy atom. The summed E-state index contributed by atoms with van der Waals surface area (Å²) in [6.45, 7) is 2.35. The summed E-state index contributed by atoms with van der Waals surface area (Å²) in [4.78, 5) is 6.45. The fourth-order valence-electron chi connectivity index (χ4n) is 1.66. The van der Waals surface area contributed by atoms with Crippen LogP contribution in [-0.2, 0) is 13.0 Å². The number of rotatable bonds is 1. The quantitative estimate of drug-likeness (QED) is 0.594. The van der Waals surface area contributed by atoms with E-state index in [4.69, 9.17) is 5.26 Å². The summed E-state index contributed by atoms with van der Waals surface area (Å²) in [5.41, 5.74) is 2.46. The highest BCUT2D eigenvalue weighted by atomic mass is 15.1. The average molecular weight is 173 g/mol. The molecular weight excluding hydrogens is 162 g/mol. The lowest BCUT2D eigenvalue weighted by atomic mass is 10.1. The van der Waals surface area contributed by atoms with Crippen molar-refractivity contribution in [3.05, 3.63) is 29.6 Å². The zero-order chi connectivity index (χ0) is 9.10. The molecule has 1 aliphatic heterocycles. The Labute approximate surface area is 77.6 Å². The summed E-state index contributed by atoms with van der Waals surface area (Å²) in [7, 11) is 0. The molecule has 1 aromatic heterocycles. The van der Waals surface area contributed by atoms with Crippen LogP contribution in [0.5, 0.6) is 0 Å². The molecule has 0 bridgehead atoms. The molecule has 2 rings (SSSR count). The molecule has 2 heterocycles. The maximum absolute atomic E-state index is 8.56.